The third kappa shape index (κ3) is 3.04. The van der Waals surface area contributed by atoms with Crippen molar-refractivity contribution in [3.63, 3.8) is 0 Å². The molecule has 0 saturated carbocycles. The molecule has 0 saturated heterocycles. The van der Waals surface area contributed by atoms with Gasteiger partial charge in [0.2, 0.25) is 0 Å². The van der Waals surface area contributed by atoms with Crippen LogP contribution >= 0.6 is 23.1 Å². The molecular weight excluding hydrogens is 395 g/mol. The number of rotatable bonds is 3. The van der Waals surface area contributed by atoms with E-state index in [-0.39, 0.29) is 5.82 Å². The largest absolute Gasteiger partial charge is 0.383 e. The van der Waals surface area contributed by atoms with Crippen molar-refractivity contribution < 1.29 is 4.39 Å². The van der Waals surface area contributed by atoms with Crippen LogP contribution in [-0.4, -0.2) is 24.9 Å². The fourth-order valence-electron chi connectivity index (χ4n) is 2.71. The SMILES string of the molecule is Nc1nc(-c2nc3cccnc3s2)nc2ccc(Sc3ncccc3F)cc12. The zero-order valence-electron chi connectivity index (χ0n) is 14.2. The summed E-state index contributed by atoms with van der Waals surface area (Å²) >= 11 is 2.64. The molecule has 5 rings (SSSR count). The molecule has 0 amide bonds. The van der Waals surface area contributed by atoms with Crippen molar-refractivity contribution in [1.82, 2.24) is 24.9 Å². The van der Waals surface area contributed by atoms with Crippen molar-refractivity contribution in [2.75, 3.05) is 5.73 Å². The fraction of sp³-hybridized carbons (Fsp3) is 0. The molecule has 0 fully saturated rings. The molecule has 1 aromatic carbocycles. The highest BCUT2D eigenvalue weighted by atomic mass is 32.2. The van der Waals surface area contributed by atoms with Crippen LogP contribution in [0.4, 0.5) is 10.2 Å². The van der Waals surface area contributed by atoms with Gasteiger partial charge in [0.25, 0.3) is 0 Å². The van der Waals surface area contributed by atoms with Crippen molar-refractivity contribution in [1.29, 1.82) is 0 Å². The molecule has 28 heavy (non-hydrogen) atoms. The van der Waals surface area contributed by atoms with Crippen LogP contribution in [0.2, 0.25) is 0 Å². The summed E-state index contributed by atoms with van der Waals surface area (Å²) in [6, 6.07) is 12.2. The average Bonchev–Trinajstić information content (AvgIpc) is 3.14. The molecular formula is C19H11FN6S2. The summed E-state index contributed by atoms with van der Waals surface area (Å²) in [5.74, 6) is 0.442. The lowest BCUT2D eigenvalue weighted by Gasteiger charge is -2.06. The number of fused-ring (bicyclic) bond motifs is 2. The minimum absolute atomic E-state index is 0.305. The van der Waals surface area contributed by atoms with Gasteiger partial charge in [0.05, 0.1) is 5.52 Å². The maximum atomic E-state index is 13.9. The first-order valence-corrected chi connectivity index (χ1v) is 9.88. The van der Waals surface area contributed by atoms with Crippen molar-refractivity contribution in [3.05, 3.63) is 60.7 Å². The van der Waals surface area contributed by atoms with Gasteiger partial charge in [-0.25, -0.2) is 29.3 Å². The van der Waals surface area contributed by atoms with Crippen LogP contribution in [0, 0.1) is 5.82 Å². The minimum atomic E-state index is -0.364. The predicted octanol–water partition coefficient (Wildman–Crippen LogP) is 4.57. The van der Waals surface area contributed by atoms with Gasteiger partial charge < -0.3 is 5.73 Å². The molecule has 0 atom stereocenters. The zero-order valence-corrected chi connectivity index (χ0v) is 15.8. The van der Waals surface area contributed by atoms with Crippen LogP contribution in [0.5, 0.6) is 0 Å². The Bertz CT molecular complexity index is 1300. The molecule has 6 nitrogen and oxygen atoms in total. The lowest BCUT2D eigenvalue weighted by atomic mass is 10.2. The van der Waals surface area contributed by atoms with Gasteiger partial charge in [-0.2, -0.15) is 0 Å². The van der Waals surface area contributed by atoms with Crippen LogP contribution in [0.3, 0.4) is 0 Å². The standard InChI is InChI=1S/C19H11FN6S2/c20-12-3-1-7-22-17(12)27-10-5-6-13-11(9-10)15(21)26-16(24-13)19-25-14-4-2-8-23-18(14)28-19/h1-9H,(H2,21,24,26). The number of benzene rings is 1. The van der Waals surface area contributed by atoms with E-state index in [1.54, 1.807) is 18.5 Å². The Hall–Kier alpha value is -3.17. The van der Waals surface area contributed by atoms with Gasteiger partial charge >= 0.3 is 0 Å². The Balaban J connectivity index is 1.55. The molecule has 0 radical (unpaired) electrons. The Labute approximate surface area is 166 Å². The average molecular weight is 406 g/mol. The number of halogens is 1. The smallest absolute Gasteiger partial charge is 0.191 e. The highest BCUT2D eigenvalue weighted by Crippen LogP contribution is 2.33. The van der Waals surface area contributed by atoms with Crippen molar-refractivity contribution >= 4 is 50.2 Å². The predicted molar refractivity (Wildman–Crippen MR) is 109 cm³/mol. The van der Waals surface area contributed by atoms with Gasteiger partial charge in [-0.05, 0) is 42.5 Å². The molecule has 2 N–H and O–H groups in total. The number of hydrogen-bond acceptors (Lipinski definition) is 8. The monoisotopic (exact) mass is 406 g/mol. The minimum Gasteiger partial charge on any atom is -0.383 e. The number of nitrogens with zero attached hydrogens (tertiary/aromatic N) is 5. The second kappa shape index (κ2) is 6.77. The van der Waals surface area contributed by atoms with E-state index in [0.29, 0.717) is 32.6 Å². The molecule has 0 spiro atoms. The number of anilines is 1. The summed E-state index contributed by atoms with van der Waals surface area (Å²) in [5.41, 5.74) is 7.69. The van der Waals surface area contributed by atoms with Crippen molar-refractivity contribution in [2.45, 2.75) is 9.92 Å². The lowest BCUT2D eigenvalue weighted by molar-refractivity contribution is 0.588. The molecule has 0 aliphatic heterocycles. The Morgan fingerprint density at radius 3 is 2.64 bits per heavy atom. The summed E-state index contributed by atoms with van der Waals surface area (Å²) in [6.45, 7) is 0. The van der Waals surface area contributed by atoms with Crippen molar-refractivity contribution in [3.8, 4) is 10.8 Å². The molecule has 4 heterocycles. The summed E-state index contributed by atoms with van der Waals surface area (Å²) in [7, 11) is 0. The summed E-state index contributed by atoms with van der Waals surface area (Å²) in [4.78, 5) is 23.5. The molecule has 0 bridgehead atoms. The Morgan fingerprint density at radius 2 is 1.79 bits per heavy atom. The number of nitrogens with two attached hydrogens (primary N) is 1. The maximum Gasteiger partial charge on any atom is 0.191 e. The normalized spacial score (nSPS) is 11.3. The van der Waals surface area contributed by atoms with E-state index in [2.05, 4.69) is 24.9 Å². The van der Waals surface area contributed by atoms with Gasteiger partial charge in [0.1, 0.15) is 21.2 Å². The molecule has 0 unspecified atom stereocenters. The van der Waals surface area contributed by atoms with Crippen LogP contribution < -0.4 is 5.73 Å². The molecule has 5 aromatic rings. The van der Waals surface area contributed by atoms with Gasteiger partial charge in [-0.1, -0.05) is 23.1 Å². The van der Waals surface area contributed by atoms with Crippen LogP contribution in [-0.2, 0) is 0 Å². The van der Waals surface area contributed by atoms with E-state index in [1.165, 1.54) is 29.2 Å². The number of hydrogen-bond donors (Lipinski definition) is 1. The quantitative estimate of drug-likeness (QED) is 0.469. The highest BCUT2D eigenvalue weighted by molar-refractivity contribution is 7.99. The number of thiazole rings is 1. The first kappa shape index (κ1) is 17.0. The second-order valence-electron chi connectivity index (χ2n) is 5.85. The first-order chi connectivity index (χ1) is 13.7. The third-order valence-corrected chi connectivity index (χ3v) is 5.95. The first-order valence-electron chi connectivity index (χ1n) is 8.25. The van der Waals surface area contributed by atoms with Crippen LogP contribution in [0.25, 0.3) is 32.1 Å². The van der Waals surface area contributed by atoms with E-state index >= 15 is 0 Å². The van der Waals surface area contributed by atoms with Gasteiger partial charge in [0, 0.05) is 22.7 Å². The Kier molecular flexibility index (Phi) is 4.10. The maximum absolute atomic E-state index is 13.9. The zero-order chi connectivity index (χ0) is 19.1. The second-order valence-corrected chi connectivity index (χ2v) is 7.89. The highest BCUT2D eigenvalue weighted by Gasteiger charge is 2.14. The van der Waals surface area contributed by atoms with E-state index in [4.69, 9.17) is 5.73 Å². The number of aromatic nitrogens is 5. The lowest BCUT2D eigenvalue weighted by Crippen LogP contribution is -1.98. The van der Waals surface area contributed by atoms with Gasteiger partial charge in [0.15, 0.2) is 16.6 Å². The van der Waals surface area contributed by atoms with Gasteiger partial charge in [-0.15, -0.1) is 0 Å². The topological polar surface area (TPSA) is 90.5 Å². The van der Waals surface area contributed by atoms with E-state index in [9.17, 15) is 4.39 Å². The molecule has 0 aliphatic carbocycles. The number of nitrogen functional groups attached to an aromatic ring is 1. The Morgan fingerprint density at radius 1 is 0.929 bits per heavy atom. The van der Waals surface area contributed by atoms with Crippen LogP contribution in [0.1, 0.15) is 0 Å². The van der Waals surface area contributed by atoms with Gasteiger partial charge in [-0.3, -0.25) is 0 Å². The third-order valence-electron chi connectivity index (χ3n) is 3.99. The van der Waals surface area contributed by atoms with E-state index in [1.807, 2.05) is 30.3 Å². The molecule has 136 valence electrons. The van der Waals surface area contributed by atoms with Crippen molar-refractivity contribution in [2.24, 2.45) is 0 Å². The molecule has 0 aliphatic rings. The molecule has 4 aromatic heterocycles. The van der Waals surface area contributed by atoms with E-state index in [0.717, 1.165) is 15.2 Å². The van der Waals surface area contributed by atoms with Crippen LogP contribution in [0.15, 0.2) is 64.8 Å². The summed E-state index contributed by atoms with van der Waals surface area (Å²) in [6.07, 6.45) is 3.28. The summed E-state index contributed by atoms with van der Waals surface area (Å²) < 4.78 is 13.9. The van der Waals surface area contributed by atoms with E-state index < -0.39 is 0 Å². The number of pyridine rings is 2. The summed E-state index contributed by atoms with van der Waals surface area (Å²) in [5, 5.41) is 1.67. The molecule has 9 heteroatoms. The fourth-order valence-corrected chi connectivity index (χ4v) is 4.37.